The first-order chi connectivity index (χ1) is 20.8. The fraction of sp³-hybridized carbons (Fsp3) is 0.543. The summed E-state index contributed by atoms with van der Waals surface area (Å²) in [6.07, 6.45) is 10.7. The highest BCUT2D eigenvalue weighted by molar-refractivity contribution is 5.63. The number of hydrogen-bond acceptors (Lipinski definition) is 8. The van der Waals surface area contributed by atoms with Crippen LogP contribution in [0.25, 0.3) is 0 Å². The molecule has 8 nitrogen and oxygen atoms in total. The third-order valence-electron chi connectivity index (χ3n) is 12.5. The summed E-state index contributed by atoms with van der Waals surface area (Å²) in [6, 6.07) is 8.93. The molecule has 3 N–H and O–H groups in total. The van der Waals surface area contributed by atoms with Crippen LogP contribution >= 0.6 is 0 Å². The smallest absolute Gasteiger partial charge is 0.165 e. The second-order valence-corrected chi connectivity index (χ2v) is 14.0. The predicted molar refractivity (Wildman–Crippen MR) is 160 cm³/mol. The lowest BCUT2D eigenvalue weighted by Gasteiger charge is -2.56. The molecule has 2 spiro atoms. The van der Waals surface area contributed by atoms with E-state index in [0.29, 0.717) is 29.7 Å². The molecular weight excluding hydrogens is 547 g/mol. The van der Waals surface area contributed by atoms with Crippen molar-refractivity contribution in [2.24, 2.45) is 11.8 Å². The van der Waals surface area contributed by atoms with Crippen molar-refractivity contribution in [1.29, 1.82) is 0 Å². The van der Waals surface area contributed by atoms with Crippen molar-refractivity contribution in [3.05, 3.63) is 70.8 Å². The Hall–Kier alpha value is -3.04. The van der Waals surface area contributed by atoms with Gasteiger partial charge in [0.2, 0.25) is 0 Å². The second-order valence-electron chi connectivity index (χ2n) is 14.0. The number of piperidine rings is 2. The van der Waals surface area contributed by atoms with Crippen LogP contribution in [0.2, 0.25) is 0 Å². The Morgan fingerprint density at radius 3 is 1.81 bits per heavy atom. The van der Waals surface area contributed by atoms with E-state index in [1.54, 1.807) is 13.2 Å². The molecule has 2 fully saturated rings. The van der Waals surface area contributed by atoms with Gasteiger partial charge in [0, 0.05) is 45.9 Å². The fourth-order valence-corrected chi connectivity index (χ4v) is 10.6. The van der Waals surface area contributed by atoms with Gasteiger partial charge in [-0.3, -0.25) is 0 Å². The molecule has 2 aromatic rings. The Balaban J connectivity index is 0.000000121. The van der Waals surface area contributed by atoms with E-state index in [1.165, 1.54) is 22.3 Å². The maximum Gasteiger partial charge on any atom is 0.165 e. The number of nitrogens with zero attached hydrogens (tertiary/aromatic N) is 2. The van der Waals surface area contributed by atoms with Gasteiger partial charge in [-0.2, -0.15) is 0 Å². The molecule has 4 bridgehead atoms. The Bertz CT molecular complexity index is 1590. The van der Waals surface area contributed by atoms with Crippen molar-refractivity contribution in [3.63, 3.8) is 0 Å². The minimum atomic E-state index is -0.594. The summed E-state index contributed by atoms with van der Waals surface area (Å²) in [5, 5.41) is 31.2. The van der Waals surface area contributed by atoms with E-state index in [-0.39, 0.29) is 28.8 Å². The lowest BCUT2D eigenvalue weighted by Crippen LogP contribution is -2.64. The Morgan fingerprint density at radius 1 is 0.744 bits per heavy atom. The van der Waals surface area contributed by atoms with Crippen molar-refractivity contribution in [2.45, 2.75) is 73.0 Å². The molecular formula is C35H40N2O6. The molecule has 0 saturated carbocycles. The van der Waals surface area contributed by atoms with E-state index in [1.807, 2.05) is 24.3 Å². The molecule has 8 heteroatoms. The standard InChI is InChI=1S/C18H21NO3.C17H19NO3/c1-19-8-7-18-11-4-5-13(20)17(18)22-16-14(21-2)6-3-10(15(16)18)9-12(11)19;1-18-7-6-17-10-3-5-13(20)16(17)21-15-12(19)4-2-9(14(15)17)8-11(10)18/h3-6,11-13,17,20H,7-9H2,1-2H3;2-5,10-11,13,16,19-20H,6-8H2,1H3/t11?,12-,13+,17?,18+;10?,11-,13+,16?,17+/m11/s1/i1+1,2+1;1+1. The number of aliphatic hydroxyl groups excluding tert-OH is 2. The number of aromatic hydroxyl groups is 1. The van der Waals surface area contributed by atoms with Gasteiger partial charge in [0.15, 0.2) is 23.0 Å². The fourth-order valence-electron chi connectivity index (χ4n) is 10.6. The van der Waals surface area contributed by atoms with Crippen molar-refractivity contribution < 1.29 is 29.5 Å². The third kappa shape index (κ3) is 3.10. The molecule has 0 amide bonds. The molecule has 2 saturated heterocycles. The molecule has 0 aromatic heterocycles. The summed E-state index contributed by atoms with van der Waals surface area (Å²) in [7, 11) is 6.10. The van der Waals surface area contributed by atoms with Gasteiger partial charge in [0.1, 0.15) is 24.4 Å². The van der Waals surface area contributed by atoms with Crippen LogP contribution in [0.3, 0.4) is 0 Å². The molecule has 4 aliphatic carbocycles. The van der Waals surface area contributed by atoms with Crippen LogP contribution in [0, 0.1) is 11.8 Å². The lowest BCUT2D eigenvalue weighted by molar-refractivity contribution is -0.0453. The van der Waals surface area contributed by atoms with Crippen LogP contribution in [0.1, 0.15) is 35.1 Å². The number of likely N-dealkylation sites (tertiary alicyclic amines) is 2. The maximum absolute atomic E-state index is 10.6. The normalized spacial score (nSPS) is 41.8. The van der Waals surface area contributed by atoms with Crippen molar-refractivity contribution >= 4 is 0 Å². The van der Waals surface area contributed by atoms with E-state index in [9.17, 15) is 15.3 Å². The Kier molecular flexibility index (Phi) is 5.38. The highest BCUT2D eigenvalue weighted by Gasteiger charge is 2.65. The Morgan fingerprint density at radius 2 is 1.26 bits per heavy atom. The molecule has 0 radical (unpaired) electrons. The van der Waals surface area contributed by atoms with E-state index in [4.69, 9.17) is 14.2 Å². The minimum absolute atomic E-state index is 0.0806. The van der Waals surface area contributed by atoms with Crippen LogP contribution in [0.15, 0.2) is 48.6 Å². The highest BCUT2D eigenvalue weighted by Crippen LogP contribution is 2.63. The first-order valence-electron chi connectivity index (χ1n) is 15.8. The zero-order valence-electron chi connectivity index (χ0n) is 24.9. The van der Waals surface area contributed by atoms with Crippen molar-refractivity contribution in [2.75, 3.05) is 34.3 Å². The number of likely N-dealkylation sites (N-methyl/N-ethyl adjacent to an activating group) is 2. The zero-order valence-corrected chi connectivity index (χ0v) is 24.9. The van der Waals surface area contributed by atoms with Crippen LogP contribution in [-0.4, -0.2) is 95.9 Å². The van der Waals surface area contributed by atoms with Crippen molar-refractivity contribution in [1.82, 2.24) is 9.80 Å². The summed E-state index contributed by atoms with van der Waals surface area (Å²) in [5.41, 5.74) is 4.89. The Labute approximate surface area is 252 Å². The number of ether oxygens (including phenoxy) is 3. The van der Waals surface area contributed by atoms with Gasteiger partial charge in [0.25, 0.3) is 0 Å². The van der Waals surface area contributed by atoms with E-state index < -0.39 is 12.2 Å². The van der Waals surface area contributed by atoms with E-state index in [0.717, 1.165) is 50.3 Å². The summed E-state index contributed by atoms with van der Waals surface area (Å²) < 4.78 is 17.9. The molecule has 4 heterocycles. The number of phenolic OH excluding ortho intramolecular Hbond substituents is 1. The van der Waals surface area contributed by atoms with Crippen molar-refractivity contribution in [3.8, 4) is 23.0 Å². The average Bonchev–Trinajstić information content (AvgIpc) is 3.55. The largest absolute Gasteiger partial charge is 0.504 e. The maximum atomic E-state index is 10.6. The summed E-state index contributed by atoms with van der Waals surface area (Å²) in [6.45, 7) is 2.06. The molecule has 8 aliphatic rings. The molecule has 226 valence electrons. The molecule has 4 unspecified atom stereocenters. The van der Waals surface area contributed by atoms with Crippen LogP contribution < -0.4 is 14.2 Å². The van der Waals surface area contributed by atoms with Gasteiger partial charge >= 0.3 is 0 Å². The molecule has 4 aliphatic heterocycles. The molecule has 10 rings (SSSR count). The summed E-state index contributed by atoms with van der Waals surface area (Å²) in [5.74, 6) is 3.28. The van der Waals surface area contributed by atoms with E-state index in [2.05, 4.69) is 42.1 Å². The number of aliphatic hydroxyl groups is 2. The highest BCUT2D eigenvalue weighted by atomic mass is 16.6. The number of phenols is 1. The molecule has 10 atom stereocenters. The topological polar surface area (TPSA) is 94.9 Å². The molecule has 43 heavy (non-hydrogen) atoms. The predicted octanol–water partition coefficient (Wildman–Crippen LogP) is 2.70. The quantitative estimate of drug-likeness (QED) is 0.347. The first kappa shape index (κ1) is 26.4. The first-order valence-corrected chi connectivity index (χ1v) is 15.8. The van der Waals surface area contributed by atoms with Gasteiger partial charge in [-0.25, -0.2) is 0 Å². The number of rotatable bonds is 1. The average molecular weight is 588 g/mol. The van der Waals surface area contributed by atoms with Gasteiger partial charge in [-0.1, -0.05) is 36.4 Å². The third-order valence-corrected chi connectivity index (χ3v) is 12.5. The van der Waals surface area contributed by atoms with E-state index >= 15 is 0 Å². The second kappa shape index (κ2) is 8.78. The SMILES string of the molecule is [13CH3]N1CC[C@]23c4c5ccc(O)c4OC2[C@@H](O)C=CC3[C@H]1C5.[13CH3]Oc1ccc2c3c1OC1[C@@H](O)C=CC4[C@@H](C2)N([13CH3])CC[C@@]341. The van der Waals surface area contributed by atoms with Gasteiger partial charge in [-0.05, 0) is 76.1 Å². The van der Waals surface area contributed by atoms with Gasteiger partial charge < -0.3 is 39.3 Å². The zero-order chi connectivity index (χ0) is 29.4. The lowest BCUT2D eigenvalue weighted by atomic mass is 9.53. The monoisotopic (exact) mass is 587 g/mol. The summed E-state index contributed by atoms with van der Waals surface area (Å²) in [4.78, 5) is 4.91. The number of methoxy groups -OCH3 is 1. The van der Waals surface area contributed by atoms with Crippen LogP contribution in [-0.2, 0) is 23.7 Å². The van der Waals surface area contributed by atoms with Crippen LogP contribution in [0.4, 0.5) is 0 Å². The van der Waals surface area contributed by atoms with Crippen LogP contribution in [0.5, 0.6) is 23.0 Å². The van der Waals surface area contributed by atoms with Gasteiger partial charge in [0.05, 0.1) is 7.11 Å². The minimum Gasteiger partial charge on any atom is -0.504 e. The number of benzene rings is 2. The number of hydrogen-bond donors (Lipinski definition) is 3. The summed E-state index contributed by atoms with van der Waals surface area (Å²) >= 11 is 0. The molecule has 2 aromatic carbocycles. The van der Waals surface area contributed by atoms with Gasteiger partial charge in [-0.15, -0.1) is 0 Å².